The largest absolute Gasteiger partial charge is 0.507 e. The number of carbonyl (C=O) groups is 2. The molecule has 0 spiro atoms. The van der Waals surface area contributed by atoms with Gasteiger partial charge in [0.15, 0.2) is 0 Å². The number of ketones is 1. The summed E-state index contributed by atoms with van der Waals surface area (Å²) in [6, 6.07) is 10.8. The van der Waals surface area contributed by atoms with Gasteiger partial charge in [-0.25, -0.2) is 0 Å². The van der Waals surface area contributed by atoms with Gasteiger partial charge in [0, 0.05) is 29.8 Å². The average molecular weight is 373 g/mol. The summed E-state index contributed by atoms with van der Waals surface area (Å²) in [6.07, 6.45) is 0. The van der Waals surface area contributed by atoms with Gasteiger partial charge in [-0.05, 0) is 42.0 Å². The molecule has 8 heteroatoms. The SMILES string of the molecule is CN1C(=O)C(=O)/C(=C(\O)c2ccc(Cl)cc2)C1c1ccc([N+](=O)[O-])cc1. The molecule has 3 rings (SSSR count). The molecule has 2 aromatic carbocycles. The molecule has 1 heterocycles. The summed E-state index contributed by atoms with van der Waals surface area (Å²) in [4.78, 5) is 36.1. The predicted molar refractivity (Wildman–Crippen MR) is 94.6 cm³/mol. The van der Waals surface area contributed by atoms with E-state index in [2.05, 4.69) is 0 Å². The monoisotopic (exact) mass is 372 g/mol. The molecule has 0 bridgehead atoms. The number of hydrogen-bond acceptors (Lipinski definition) is 5. The molecule has 2 aromatic rings. The number of non-ortho nitro benzene ring substituents is 1. The highest BCUT2D eigenvalue weighted by Gasteiger charge is 2.44. The summed E-state index contributed by atoms with van der Waals surface area (Å²) in [5, 5.41) is 21.9. The van der Waals surface area contributed by atoms with Crippen LogP contribution in [0.25, 0.3) is 5.76 Å². The van der Waals surface area contributed by atoms with E-state index in [4.69, 9.17) is 11.6 Å². The van der Waals surface area contributed by atoms with Gasteiger partial charge in [0.05, 0.1) is 16.5 Å². The normalized spacial score (nSPS) is 19.0. The zero-order chi connectivity index (χ0) is 19.0. The van der Waals surface area contributed by atoms with E-state index >= 15 is 0 Å². The van der Waals surface area contributed by atoms with Crippen molar-refractivity contribution < 1.29 is 19.6 Å². The molecule has 1 fully saturated rings. The van der Waals surface area contributed by atoms with Crippen molar-refractivity contribution >= 4 is 34.7 Å². The second kappa shape index (κ2) is 6.61. The predicted octanol–water partition coefficient (Wildman–Crippen LogP) is 3.30. The molecule has 1 unspecified atom stereocenters. The zero-order valence-electron chi connectivity index (χ0n) is 13.5. The molecule has 7 nitrogen and oxygen atoms in total. The number of nitro groups is 1. The van der Waals surface area contributed by atoms with Crippen LogP contribution in [-0.2, 0) is 9.59 Å². The topological polar surface area (TPSA) is 101 Å². The molecular formula is C18H13ClN2O5. The van der Waals surface area contributed by atoms with Gasteiger partial charge < -0.3 is 10.0 Å². The lowest BCUT2D eigenvalue weighted by Gasteiger charge is -2.20. The van der Waals surface area contributed by atoms with Gasteiger partial charge in [-0.3, -0.25) is 19.7 Å². The van der Waals surface area contributed by atoms with Gasteiger partial charge >= 0.3 is 0 Å². The molecule has 132 valence electrons. The van der Waals surface area contributed by atoms with E-state index in [1.165, 1.54) is 48.3 Å². The van der Waals surface area contributed by atoms with Crippen LogP contribution in [0.3, 0.4) is 0 Å². The number of carbonyl (C=O) groups excluding carboxylic acids is 2. The Kier molecular flexibility index (Phi) is 4.48. The number of likely N-dealkylation sites (N-methyl/N-ethyl adjacent to an activating group) is 1. The van der Waals surface area contributed by atoms with E-state index in [-0.39, 0.29) is 17.0 Å². The molecule has 1 atom stereocenters. The number of benzene rings is 2. The molecule has 26 heavy (non-hydrogen) atoms. The summed E-state index contributed by atoms with van der Waals surface area (Å²) in [5.41, 5.74) is 0.633. The van der Waals surface area contributed by atoms with E-state index in [1.807, 2.05) is 0 Å². The fourth-order valence-electron chi connectivity index (χ4n) is 2.88. The van der Waals surface area contributed by atoms with E-state index in [0.29, 0.717) is 16.1 Å². The van der Waals surface area contributed by atoms with Gasteiger partial charge in [-0.2, -0.15) is 0 Å². The number of aliphatic hydroxyl groups excluding tert-OH is 1. The third-order valence-electron chi connectivity index (χ3n) is 4.21. The summed E-state index contributed by atoms with van der Waals surface area (Å²) in [5.74, 6) is -1.90. The Morgan fingerprint density at radius 3 is 2.23 bits per heavy atom. The van der Waals surface area contributed by atoms with Gasteiger partial charge in [0.25, 0.3) is 17.4 Å². The van der Waals surface area contributed by atoms with Gasteiger partial charge in [0.2, 0.25) is 0 Å². The third-order valence-corrected chi connectivity index (χ3v) is 4.46. The number of Topliss-reactive ketones (excluding diaryl/α,β-unsaturated/α-hetero) is 1. The first-order chi connectivity index (χ1) is 12.3. The Morgan fingerprint density at radius 2 is 1.69 bits per heavy atom. The van der Waals surface area contributed by atoms with E-state index in [9.17, 15) is 24.8 Å². The van der Waals surface area contributed by atoms with Gasteiger partial charge in [-0.1, -0.05) is 11.6 Å². The molecule has 0 aromatic heterocycles. The first-order valence-electron chi connectivity index (χ1n) is 7.56. The second-order valence-corrected chi connectivity index (χ2v) is 6.20. The standard InChI is InChI=1S/C18H13ClN2O5/c1-20-15(10-4-8-13(9-5-10)21(25)26)14(17(23)18(20)24)16(22)11-2-6-12(19)7-3-11/h2-9,15,22H,1H3/b16-14-. The lowest BCUT2D eigenvalue weighted by Crippen LogP contribution is -2.24. The quantitative estimate of drug-likeness (QED) is 0.293. The van der Waals surface area contributed by atoms with Crippen molar-refractivity contribution in [1.82, 2.24) is 4.90 Å². The molecule has 0 aliphatic carbocycles. The average Bonchev–Trinajstić information content (AvgIpc) is 2.86. The third kappa shape index (κ3) is 2.93. The van der Waals surface area contributed by atoms with Crippen molar-refractivity contribution in [3.05, 3.63) is 80.4 Å². The number of halogens is 1. The van der Waals surface area contributed by atoms with Crippen molar-refractivity contribution in [1.29, 1.82) is 0 Å². The number of hydrogen-bond donors (Lipinski definition) is 1. The maximum Gasteiger partial charge on any atom is 0.295 e. The molecule has 1 amide bonds. The van der Waals surface area contributed by atoms with Crippen molar-refractivity contribution in [2.75, 3.05) is 7.05 Å². The van der Waals surface area contributed by atoms with E-state index in [0.717, 1.165) is 0 Å². The van der Waals surface area contributed by atoms with Crippen LogP contribution in [0, 0.1) is 10.1 Å². The van der Waals surface area contributed by atoms with Crippen LogP contribution in [0.5, 0.6) is 0 Å². The molecule has 1 N–H and O–H groups in total. The first-order valence-corrected chi connectivity index (χ1v) is 7.94. The highest BCUT2D eigenvalue weighted by atomic mass is 35.5. The Hall–Kier alpha value is -3.19. The zero-order valence-corrected chi connectivity index (χ0v) is 14.3. The molecule has 1 saturated heterocycles. The number of rotatable bonds is 3. The highest BCUT2D eigenvalue weighted by molar-refractivity contribution is 6.46. The van der Waals surface area contributed by atoms with Crippen LogP contribution in [0.4, 0.5) is 5.69 Å². The Bertz CT molecular complexity index is 935. The number of nitrogens with zero attached hydrogens (tertiary/aromatic N) is 2. The van der Waals surface area contributed by atoms with E-state index in [1.54, 1.807) is 12.1 Å². The summed E-state index contributed by atoms with van der Waals surface area (Å²) >= 11 is 5.83. The maximum atomic E-state index is 12.4. The smallest absolute Gasteiger partial charge is 0.295 e. The van der Waals surface area contributed by atoms with Crippen LogP contribution in [0.2, 0.25) is 5.02 Å². The fourth-order valence-corrected chi connectivity index (χ4v) is 3.01. The first kappa shape index (κ1) is 17.6. The molecule has 0 saturated carbocycles. The van der Waals surface area contributed by atoms with E-state index < -0.39 is 22.7 Å². The van der Waals surface area contributed by atoms with Crippen LogP contribution < -0.4 is 0 Å². The number of likely N-dealkylation sites (tertiary alicyclic amines) is 1. The Balaban J connectivity index is 2.13. The Labute approximate surface area is 153 Å². The molecule has 1 aliphatic rings. The fraction of sp³-hybridized carbons (Fsp3) is 0.111. The minimum Gasteiger partial charge on any atom is -0.507 e. The Morgan fingerprint density at radius 1 is 1.12 bits per heavy atom. The van der Waals surface area contributed by atoms with Crippen molar-refractivity contribution in [2.45, 2.75) is 6.04 Å². The maximum absolute atomic E-state index is 12.4. The van der Waals surface area contributed by atoms with Crippen LogP contribution in [0.15, 0.2) is 54.1 Å². The summed E-state index contributed by atoms with van der Waals surface area (Å²) in [6.45, 7) is 0. The lowest BCUT2D eigenvalue weighted by molar-refractivity contribution is -0.384. The van der Waals surface area contributed by atoms with Gasteiger partial charge in [-0.15, -0.1) is 0 Å². The molecule has 1 aliphatic heterocycles. The van der Waals surface area contributed by atoms with Crippen LogP contribution in [-0.4, -0.2) is 33.7 Å². The van der Waals surface area contributed by atoms with Crippen LogP contribution in [0.1, 0.15) is 17.2 Å². The number of aliphatic hydroxyl groups is 1. The number of nitro benzene ring substituents is 1. The number of amides is 1. The van der Waals surface area contributed by atoms with Crippen molar-refractivity contribution in [3.63, 3.8) is 0 Å². The minimum atomic E-state index is -0.841. The summed E-state index contributed by atoms with van der Waals surface area (Å²) < 4.78 is 0. The van der Waals surface area contributed by atoms with Crippen molar-refractivity contribution in [2.24, 2.45) is 0 Å². The molecule has 0 radical (unpaired) electrons. The minimum absolute atomic E-state index is 0.0753. The van der Waals surface area contributed by atoms with Crippen molar-refractivity contribution in [3.8, 4) is 0 Å². The second-order valence-electron chi connectivity index (χ2n) is 5.77. The summed E-state index contributed by atoms with van der Waals surface area (Å²) in [7, 11) is 1.44. The highest BCUT2D eigenvalue weighted by Crippen LogP contribution is 2.38. The molecular weight excluding hydrogens is 360 g/mol. The van der Waals surface area contributed by atoms with Crippen LogP contribution >= 0.6 is 11.6 Å². The lowest BCUT2D eigenvalue weighted by atomic mass is 9.95. The van der Waals surface area contributed by atoms with Gasteiger partial charge in [0.1, 0.15) is 5.76 Å².